The maximum Gasteiger partial charge on any atom is 0.290 e. The molecular weight excluding hydrogens is 424 g/mol. The van der Waals surface area contributed by atoms with Gasteiger partial charge in [0.1, 0.15) is 0 Å². The number of carbonyl (C=O) groups excluding carboxylic acids is 2. The number of imide groups is 1. The fraction of sp³-hybridized carbons (Fsp3) is 0.304. The third-order valence-corrected chi connectivity index (χ3v) is 6.67. The van der Waals surface area contributed by atoms with Crippen LogP contribution in [-0.2, 0) is 11.3 Å². The lowest BCUT2D eigenvalue weighted by Gasteiger charge is -2.32. The molecule has 3 N–H and O–H groups in total. The van der Waals surface area contributed by atoms with Gasteiger partial charge in [0.2, 0.25) is 5.95 Å². The number of anilines is 1. The van der Waals surface area contributed by atoms with Crippen molar-refractivity contribution in [3.05, 3.63) is 58.9 Å². The van der Waals surface area contributed by atoms with Crippen LogP contribution in [0.3, 0.4) is 0 Å². The normalized spacial score (nSPS) is 18.6. The fourth-order valence-electron chi connectivity index (χ4n) is 4.12. The summed E-state index contributed by atoms with van der Waals surface area (Å²) in [6.07, 6.45) is 7.45. The van der Waals surface area contributed by atoms with Crippen LogP contribution in [0.2, 0.25) is 0 Å². The lowest BCUT2D eigenvalue weighted by molar-refractivity contribution is -0.115. The number of H-pyrrole nitrogens is 1. The molecule has 5 rings (SSSR count). The predicted octanol–water partition coefficient (Wildman–Crippen LogP) is 3.29. The second-order valence-electron chi connectivity index (χ2n) is 8.09. The molecule has 8 nitrogen and oxygen atoms in total. The van der Waals surface area contributed by atoms with Gasteiger partial charge < -0.3 is 15.2 Å². The number of piperidine rings is 1. The van der Waals surface area contributed by atoms with Gasteiger partial charge in [-0.05, 0) is 78.4 Å². The summed E-state index contributed by atoms with van der Waals surface area (Å²) in [5.74, 6) is 0.916. The smallest absolute Gasteiger partial charge is 0.290 e. The first kappa shape index (κ1) is 20.7. The molecule has 2 saturated heterocycles. The summed E-state index contributed by atoms with van der Waals surface area (Å²) in [6.45, 7) is 3.66. The van der Waals surface area contributed by atoms with Gasteiger partial charge in [-0.3, -0.25) is 14.9 Å². The van der Waals surface area contributed by atoms with Crippen LogP contribution in [0.15, 0.2) is 47.6 Å². The lowest BCUT2D eigenvalue weighted by atomic mass is 9.97. The van der Waals surface area contributed by atoms with Crippen LogP contribution in [0.25, 0.3) is 17.0 Å². The van der Waals surface area contributed by atoms with Crippen molar-refractivity contribution in [2.24, 2.45) is 5.92 Å². The summed E-state index contributed by atoms with van der Waals surface area (Å²) in [7, 11) is 0. The quantitative estimate of drug-likeness (QED) is 0.497. The van der Waals surface area contributed by atoms with Gasteiger partial charge in [0.05, 0.1) is 10.6 Å². The Bertz CT molecular complexity index is 1180. The maximum atomic E-state index is 11.8. The number of fused-ring (bicyclic) bond motifs is 1. The fourth-order valence-corrected chi connectivity index (χ4v) is 4.79. The second kappa shape index (κ2) is 9.13. The first-order chi connectivity index (χ1) is 15.6. The largest absolute Gasteiger partial charge is 0.361 e. The number of benzene rings is 1. The molecule has 2 aromatic heterocycles. The first-order valence-corrected chi connectivity index (χ1v) is 11.6. The Morgan fingerprint density at radius 1 is 1.19 bits per heavy atom. The topological polar surface area (TPSA) is 103 Å². The highest BCUT2D eigenvalue weighted by Gasteiger charge is 2.25. The molecule has 2 amide bonds. The number of hydrogen-bond acceptors (Lipinski definition) is 7. The van der Waals surface area contributed by atoms with Crippen molar-refractivity contribution in [2.45, 2.75) is 19.4 Å². The molecule has 4 heterocycles. The van der Waals surface area contributed by atoms with Crippen molar-refractivity contribution < 1.29 is 9.59 Å². The van der Waals surface area contributed by atoms with E-state index in [4.69, 9.17) is 0 Å². The van der Waals surface area contributed by atoms with E-state index < -0.39 is 0 Å². The van der Waals surface area contributed by atoms with E-state index in [1.807, 2.05) is 6.20 Å². The van der Waals surface area contributed by atoms with Crippen LogP contribution < -0.4 is 15.5 Å². The molecule has 2 fully saturated rings. The van der Waals surface area contributed by atoms with E-state index in [-0.39, 0.29) is 11.1 Å². The zero-order valence-electron chi connectivity index (χ0n) is 17.5. The molecule has 0 unspecified atom stereocenters. The Morgan fingerprint density at radius 3 is 2.88 bits per heavy atom. The number of hydrogen-bond donors (Lipinski definition) is 3. The Hall–Kier alpha value is -3.17. The second-order valence-corrected chi connectivity index (χ2v) is 9.11. The van der Waals surface area contributed by atoms with Gasteiger partial charge in [-0.2, -0.15) is 0 Å². The average Bonchev–Trinajstić information content (AvgIpc) is 3.39. The SMILES string of the molecule is O=C1NC(=O)/C(=C/c2ccnc(N3CCC(CNCc4ccc5[nH]ccc5c4)CC3)n2)S1. The molecule has 164 valence electrons. The van der Waals surface area contributed by atoms with Crippen LogP contribution in [0, 0.1) is 5.92 Å². The van der Waals surface area contributed by atoms with Crippen molar-refractivity contribution in [2.75, 3.05) is 24.5 Å². The third-order valence-electron chi connectivity index (χ3n) is 5.86. The van der Waals surface area contributed by atoms with E-state index in [0.717, 1.165) is 50.8 Å². The molecule has 1 aromatic carbocycles. The number of rotatable bonds is 6. The summed E-state index contributed by atoms with van der Waals surface area (Å²) >= 11 is 0.896. The van der Waals surface area contributed by atoms with Gasteiger partial charge >= 0.3 is 0 Å². The minimum absolute atomic E-state index is 0.351. The zero-order chi connectivity index (χ0) is 21.9. The molecule has 2 aliphatic heterocycles. The van der Waals surface area contributed by atoms with Gasteiger partial charge in [-0.1, -0.05) is 6.07 Å². The van der Waals surface area contributed by atoms with E-state index in [9.17, 15) is 9.59 Å². The van der Waals surface area contributed by atoms with Crippen LogP contribution in [0.4, 0.5) is 10.7 Å². The molecule has 32 heavy (non-hydrogen) atoms. The van der Waals surface area contributed by atoms with E-state index >= 15 is 0 Å². The standard InChI is InChI=1S/C23H24N6O2S/c30-21-20(32-23(31)28-21)12-18-4-8-26-22(27-18)29-9-5-15(6-10-29)13-24-14-16-1-2-19-17(11-16)3-7-25-19/h1-4,7-8,11-12,15,24-25H,5-6,9-10,13-14H2,(H,28,30,31)/b20-12-. The number of thioether (sulfide) groups is 1. The molecule has 0 spiro atoms. The molecule has 0 bridgehead atoms. The molecule has 0 radical (unpaired) electrons. The molecule has 2 aliphatic rings. The van der Waals surface area contributed by atoms with E-state index in [2.05, 4.69) is 54.8 Å². The van der Waals surface area contributed by atoms with E-state index in [1.54, 1.807) is 18.3 Å². The lowest BCUT2D eigenvalue weighted by Crippen LogP contribution is -2.38. The maximum absolute atomic E-state index is 11.8. The summed E-state index contributed by atoms with van der Waals surface area (Å²) in [5, 5.41) is 6.76. The minimum atomic E-state index is -0.374. The summed E-state index contributed by atoms with van der Waals surface area (Å²) in [4.78, 5) is 37.9. The number of amides is 2. The monoisotopic (exact) mass is 448 g/mol. The van der Waals surface area contributed by atoms with Gasteiger partial charge in [-0.15, -0.1) is 0 Å². The minimum Gasteiger partial charge on any atom is -0.361 e. The van der Waals surface area contributed by atoms with Crippen molar-refractivity contribution in [3.63, 3.8) is 0 Å². The van der Waals surface area contributed by atoms with Crippen LogP contribution in [0.5, 0.6) is 0 Å². The summed E-state index contributed by atoms with van der Waals surface area (Å²) in [6, 6.07) is 10.4. The third kappa shape index (κ3) is 4.68. The summed E-state index contributed by atoms with van der Waals surface area (Å²) < 4.78 is 0. The highest BCUT2D eigenvalue weighted by atomic mass is 32.2. The Morgan fingerprint density at radius 2 is 2.06 bits per heavy atom. The van der Waals surface area contributed by atoms with E-state index in [0.29, 0.717) is 22.5 Å². The molecule has 9 heteroatoms. The first-order valence-electron chi connectivity index (χ1n) is 10.7. The molecule has 0 atom stereocenters. The number of carbonyl (C=O) groups is 2. The highest BCUT2D eigenvalue weighted by Crippen LogP contribution is 2.26. The van der Waals surface area contributed by atoms with Crippen molar-refractivity contribution in [1.29, 1.82) is 0 Å². The van der Waals surface area contributed by atoms with Crippen molar-refractivity contribution in [1.82, 2.24) is 25.6 Å². The Balaban J connectivity index is 1.12. The van der Waals surface area contributed by atoms with Crippen molar-refractivity contribution in [3.8, 4) is 0 Å². The zero-order valence-corrected chi connectivity index (χ0v) is 18.3. The number of aromatic amines is 1. The Labute approximate surface area is 189 Å². The van der Waals surface area contributed by atoms with E-state index in [1.165, 1.54) is 16.5 Å². The molecule has 0 aliphatic carbocycles. The van der Waals surface area contributed by atoms with Gasteiger partial charge in [0.15, 0.2) is 0 Å². The highest BCUT2D eigenvalue weighted by molar-refractivity contribution is 8.18. The Kier molecular flexibility index (Phi) is 5.91. The summed E-state index contributed by atoms with van der Waals surface area (Å²) in [5.41, 5.74) is 3.09. The number of aromatic nitrogens is 3. The average molecular weight is 449 g/mol. The molecule has 3 aromatic rings. The van der Waals surface area contributed by atoms with Crippen LogP contribution in [-0.4, -0.2) is 45.7 Å². The van der Waals surface area contributed by atoms with Crippen LogP contribution in [0.1, 0.15) is 24.1 Å². The van der Waals surface area contributed by atoms with Gasteiger partial charge in [-0.25, -0.2) is 9.97 Å². The predicted molar refractivity (Wildman–Crippen MR) is 126 cm³/mol. The van der Waals surface area contributed by atoms with Crippen LogP contribution >= 0.6 is 11.8 Å². The number of nitrogens with zero attached hydrogens (tertiary/aromatic N) is 3. The van der Waals surface area contributed by atoms with Crippen molar-refractivity contribution >= 4 is 45.8 Å². The molecular formula is C23H24N6O2S. The molecule has 0 saturated carbocycles. The van der Waals surface area contributed by atoms with Gasteiger partial charge in [0.25, 0.3) is 11.1 Å². The van der Waals surface area contributed by atoms with Gasteiger partial charge in [0, 0.05) is 37.5 Å². The number of nitrogens with one attached hydrogen (secondary N) is 3.